The SMILES string of the molecule is CC/C=[C](\C(C)OC(C)=O)[Sn]([CH2]CCC)([CH2]CCC)[CH2]CCC. The number of allylic oxidation sites excluding steroid dienone is 1. The second-order valence-corrected chi connectivity index (χ2v) is 20.1. The third kappa shape index (κ3) is 8.60. The first-order valence-electron chi connectivity index (χ1n) is 9.85. The molecule has 3 heteroatoms. The Hall–Kier alpha value is 0.00870. The second kappa shape index (κ2) is 13.3. The van der Waals surface area contributed by atoms with Crippen molar-refractivity contribution >= 4 is 24.3 Å². The van der Waals surface area contributed by atoms with Gasteiger partial charge >= 0.3 is 149 Å². The van der Waals surface area contributed by atoms with E-state index in [0.717, 1.165) is 6.42 Å². The van der Waals surface area contributed by atoms with E-state index in [1.54, 1.807) is 10.5 Å². The normalized spacial score (nSPS) is 13.9. The number of hydrogen-bond donors (Lipinski definition) is 0. The van der Waals surface area contributed by atoms with Gasteiger partial charge in [-0.3, -0.25) is 0 Å². The molecule has 0 bridgehead atoms. The van der Waals surface area contributed by atoms with Crippen LogP contribution < -0.4 is 0 Å². The van der Waals surface area contributed by atoms with Gasteiger partial charge in [-0.15, -0.1) is 0 Å². The Kier molecular flexibility index (Phi) is 13.3. The van der Waals surface area contributed by atoms with Crippen LogP contribution in [0.25, 0.3) is 0 Å². The first-order chi connectivity index (χ1) is 11.0. The molecule has 0 radical (unpaired) electrons. The van der Waals surface area contributed by atoms with Crippen molar-refractivity contribution in [2.75, 3.05) is 0 Å². The van der Waals surface area contributed by atoms with Crippen LogP contribution in [0.1, 0.15) is 86.5 Å². The average Bonchev–Trinajstić information content (AvgIpc) is 2.52. The van der Waals surface area contributed by atoms with Gasteiger partial charge in [0.15, 0.2) is 0 Å². The topological polar surface area (TPSA) is 26.3 Å². The molecule has 0 aliphatic heterocycles. The molecule has 1 unspecified atom stereocenters. The molecular weight excluding hydrogens is 391 g/mol. The van der Waals surface area contributed by atoms with E-state index in [1.807, 2.05) is 0 Å². The van der Waals surface area contributed by atoms with Gasteiger partial charge in [0.2, 0.25) is 0 Å². The van der Waals surface area contributed by atoms with Crippen LogP contribution in [-0.2, 0) is 9.53 Å². The molecule has 23 heavy (non-hydrogen) atoms. The molecule has 0 aromatic heterocycles. The van der Waals surface area contributed by atoms with Gasteiger partial charge in [0.1, 0.15) is 0 Å². The Morgan fingerprint density at radius 2 is 1.39 bits per heavy atom. The van der Waals surface area contributed by atoms with Crippen LogP contribution >= 0.6 is 0 Å². The minimum absolute atomic E-state index is 0.00572. The summed E-state index contributed by atoms with van der Waals surface area (Å²) in [7, 11) is 0. The third-order valence-electron chi connectivity index (χ3n) is 4.84. The zero-order valence-corrected chi connectivity index (χ0v) is 19.4. The van der Waals surface area contributed by atoms with Crippen LogP contribution in [-0.4, -0.2) is 30.5 Å². The Bertz CT molecular complexity index is 328. The zero-order chi connectivity index (χ0) is 17.7. The van der Waals surface area contributed by atoms with Gasteiger partial charge in [-0.25, -0.2) is 0 Å². The van der Waals surface area contributed by atoms with E-state index < -0.39 is 18.4 Å². The number of carbonyl (C=O) groups is 1. The first-order valence-corrected chi connectivity index (χ1v) is 17.3. The van der Waals surface area contributed by atoms with Crippen LogP contribution in [0.5, 0.6) is 0 Å². The van der Waals surface area contributed by atoms with Gasteiger partial charge in [0.05, 0.1) is 0 Å². The van der Waals surface area contributed by atoms with Crippen molar-refractivity contribution in [2.45, 2.75) is 106 Å². The Labute approximate surface area is 149 Å². The molecule has 0 rings (SSSR count). The van der Waals surface area contributed by atoms with Gasteiger partial charge < -0.3 is 0 Å². The van der Waals surface area contributed by atoms with Crippen molar-refractivity contribution < 1.29 is 9.53 Å². The minimum atomic E-state index is -2.46. The molecule has 0 aliphatic rings. The zero-order valence-electron chi connectivity index (χ0n) is 16.5. The van der Waals surface area contributed by atoms with Gasteiger partial charge in [-0.1, -0.05) is 0 Å². The van der Waals surface area contributed by atoms with E-state index in [4.69, 9.17) is 4.74 Å². The number of unbranched alkanes of at least 4 members (excludes halogenated alkanes) is 3. The van der Waals surface area contributed by atoms with Crippen molar-refractivity contribution in [2.24, 2.45) is 0 Å². The fourth-order valence-corrected chi connectivity index (χ4v) is 21.6. The van der Waals surface area contributed by atoms with E-state index >= 15 is 0 Å². The summed E-state index contributed by atoms with van der Waals surface area (Å²) in [6.45, 7) is 12.8. The summed E-state index contributed by atoms with van der Waals surface area (Å²) in [6.07, 6.45) is 11.4. The van der Waals surface area contributed by atoms with Crippen LogP contribution in [0.3, 0.4) is 0 Å². The number of esters is 1. The molecule has 0 N–H and O–H groups in total. The van der Waals surface area contributed by atoms with Crippen molar-refractivity contribution in [3.63, 3.8) is 0 Å². The first kappa shape index (κ1) is 23.0. The summed E-state index contributed by atoms with van der Waals surface area (Å²) in [4.78, 5) is 11.5. The predicted octanol–water partition coefficient (Wildman–Crippen LogP) is 6.66. The third-order valence-corrected chi connectivity index (χ3v) is 21.3. The molecule has 1 atom stereocenters. The van der Waals surface area contributed by atoms with Gasteiger partial charge in [0, 0.05) is 0 Å². The summed E-state index contributed by atoms with van der Waals surface area (Å²) in [6, 6.07) is 0. The van der Waals surface area contributed by atoms with E-state index in [2.05, 4.69) is 40.7 Å². The maximum atomic E-state index is 11.5. The van der Waals surface area contributed by atoms with Crippen LogP contribution in [0.15, 0.2) is 9.67 Å². The molecule has 0 spiro atoms. The molecule has 0 saturated heterocycles. The Morgan fingerprint density at radius 1 is 0.957 bits per heavy atom. The van der Waals surface area contributed by atoms with Crippen molar-refractivity contribution in [1.82, 2.24) is 0 Å². The van der Waals surface area contributed by atoms with Gasteiger partial charge in [-0.2, -0.15) is 0 Å². The van der Waals surface area contributed by atoms with E-state index in [9.17, 15) is 4.79 Å². The van der Waals surface area contributed by atoms with Gasteiger partial charge in [-0.05, 0) is 0 Å². The Morgan fingerprint density at radius 3 is 1.70 bits per heavy atom. The van der Waals surface area contributed by atoms with E-state index in [1.165, 1.54) is 51.8 Å². The Balaban J connectivity index is 5.62. The van der Waals surface area contributed by atoms with Crippen LogP contribution in [0, 0.1) is 0 Å². The summed E-state index contributed by atoms with van der Waals surface area (Å²) < 4.78 is 11.5. The fraction of sp³-hybridized carbons (Fsp3) is 0.850. The van der Waals surface area contributed by atoms with E-state index in [-0.39, 0.29) is 12.1 Å². The summed E-state index contributed by atoms with van der Waals surface area (Å²) in [5.74, 6) is -0.138. The molecule has 0 aromatic carbocycles. The summed E-state index contributed by atoms with van der Waals surface area (Å²) in [5.41, 5.74) is 0. The molecule has 0 heterocycles. The summed E-state index contributed by atoms with van der Waals surface area (Å²) in [5, 5.41) is 0. The van der Waals surface area contributed by atoms with E-state index in [0.29, 0.717) is 0 Å². The van der Waals surface area contributed by atoms with Crippen LogP contribution in [0.2, 0.25) is 13.3 Å². The molecular formula is C20H40O2Sn. The fourth-order valence-electron chi connectivity index (χ4n) is 3.70. The number of carbonyl (C=O) groups excluding carboxylic acids is 1. The quantitative estimate of drug-likeness (QED) is 0.241. The predicted molar refractivity (Wildman–Crippen MR) is 105 cm³/mol. The standard InChI is InChI=1S/C8H13O2.3C4H9.Sn/c1-4-5-6-7(2)10-8(3)9;3*1-3-4-2;/h5,7H,4H2,1-3H3;3*1,3-4H2,2H3;. The molecule has 0 saturated carbocycles. The van der Waals surface area contributed by atoms with Crippen molar-refractivity contribution in [3.05, 3.63) is 9.67 Å². The second-order valence-electron chi connectivity index (χ2n) is 6.91. The molecule has 2 nitrogen and oxygen atoms in total. The number of ether oxygens (including phenoxy) is 1. The maximum absolute atomic E-state index is 11.5. The number of hydrogen-bond acceptors (Lipinski definition) is 2. The molecule has 136 valence electrons. The molecule has 0 aliphatic carbocycles. The van der Waals surface area contributed by atoms with Gasteiger partial charge in [0.25, 0.3) is 0 Å². The van der Waals surface area contributed by atoms with Crippen LogP contribution in [0.4, 0.5) is 0 Å². The molecule has 0 fully saturated rings. The van der Waals surface area contributed by atoms with Crippen molar-refractivity contribution in [1.29, 1.82) is 0 Å². The average molecular weight is 431 g/mol. The summed E-state index contributed by atoms with van der Waals surface area (Å²) >= 11 is -2.46. The van der Waals surface area contributed by atoms with Crippen molar-refractivity contribution in [3.8, 4) is 0 Å². The molecule has 0 aromatic rings. The number of rotatable bonds is 13. The molecule has 0 amide bonds. The monoisotopic (exact) mass is 432 g/mol.